The average Bonchev–Trinajstić information content (AvgIpc) is 2.25. The van der Waals surface area contributed by atoms with Crippen LogP contribution in [-0.2, 0) is 4.79 Å². The van der Waals surface area contributed by atoms with Crippen LogP contribution in [0.5, 0.6) is 5.75 Å². The number of rotatable bonds is 4. The summed E-state index contributed by atoms with van der Waals surface area (Å²) in [7, 11) is 1.49. The third-order valence-corrected chi connectivity index (χ3v) is 2.09. The number of carbonyl (C=O) groups excluding carboxylic acids is 1. The van der Waals surface area contributed by atoms with Crippen LogP contribution in [0.15, 0.2) is 24.3 Å². The van der Waals surface area contributed by atoms with E-state index in [1.807, 2.05) is 0 Å². The minimum absolute atomic E-state index is 0.353. The summed E-state index contributed by atoms with van der Waals surface area (Å²) >= 11 is 0. The molecule has 0 fully saturated rings. The van der Waals surface area contributed by atoms with E-state index in [0.717, 1.165) is 0 Å². The quantitative estimate of drug-likeness (QED) is 0.859. The summed E-state index contributed by atoms with van der Waals surface area (Å²) < 4.78 is 30.3. The Morgan fingerprint density at radius 2 is 1.88 bits per heavy atom. The van der Waals surface area contributed by atoms with E-state index in [9.17, 15) is 13.6 Å². The maximum Gasteiger partial charge on any atom is 0.262 e. The third kappa shape index (κ3) is 3.18. The Balaban J connectivity index is 2.88. The van der Waals surface area contributed by atoms with E-state index in [-0.39, 0.29) is 0 Å². The zero-order valence-electron chi connectivity index (χ0n) is 9.04. The van der Waals surface area contributed by atoms with Crippen molar-refractivity contribution < 1.29 is 18.3 Å². The van der Waals surface area contributed by atoms with Gasteiger partial charge in [-0.3, -0.25) is 4.79 Å². The Labute approximate surface area is 92.4 Å². The Bertz CT molecular complexity index is 352. The van der Waals surface area contributed by atoms with Gasteiger partial charge in [0.1, 0.15) is 11.8 Å². The van der Waals surface area contributed by atoms with E-state index in [0.29, 0.717) is 11.3 Å². The lowest BCUT2D eigenvalue weighted by Gasteiger charge is -2.17. The topological polar surface area (TPSA) is 38.3 Å². The van der Waals surface area contributed by atoms with Crippen LogP contribution in [0.4, 0.5) is 8.78 Å². The molecule has 1 atom stereocenters. The molecule has 1 amide bonds. The summed E-state index contributed by atoms with van der Waals surface area (Å²) in [6.45, 7) is 1.21. The SMILES string of the molecule is COc1ccc(C(NC(C)=O)C(F)F)cc1. The first-order valence-corrected chi connectivity index (χ1v) is 4.73. The van der Waals surface area contributed by atoms with Gasteiger partial charge in [0.05, 0.1) is 7.11 Å². The van der Waals surface area contributed by atoms with Gasteiger partial charge in [0, 0.05) is 6.92 Å². The monoisotopic (exact) mass is 229 g/mol. The van der Waals surface area contributed by atoms with Crippen LogP contribution in [0.3, 0.4) is 0 Å². The van der Waals surface area contributed by atoms with Crippen molar-refractivity contribution in [3.63, 3.8) is 0 Å². The molecule has 5 heteroatoms. The standard InChI is InChI=1S/C11H13F2NO2/c1-7(15)14-10(11(12)13)8-3-5-9(16-2)6-4-8/h3-6,10-11H,1-2H3,(H,14,15). The smallest absolute Gasteiger partial charge is 0.262 e. The first kappa shape index (κ1) is 12.4. The van der Waals surface area contributed by atoms with Crippen LogP contribution in [0, 0.1) is 0 Å². The van der Waals surface area contributed by atoms with Gasteiger partial charge in [-0.1, -0.05) is 12.1 Å². The van der Waals surface area contributed by atoms with Crippen LogP contribution in [0.1, 0.15) is 18.5 Å². The van der Waals surface area contributed by atoms with Crippen molar-refractivity contribution in [3.8, 4) is 5.75 Å². The number of ether oxygens (including phenoxy) is 1. The first-order chi connectivity index (χ1) is 7.54. The largest absolute Gasteiger partial charge is 0.497 e. The summed E-state index contributed by atoms with van der Waals surface area (Å²) in [6.07, 6.45) is -2.64. The number of methoxy groups -OCH3 is 1. The summed E-state index contributed by atoms with van der Waals surface area (Å²) in [5.74, 6) is 0.0979. The van der Waals surface area contributed by atoms with Crippen molar-refractivity contribution in [2.24, 2.45) is 0 Å². The second kappa shape index (κ2) is 5.44. The lowest BCUT2D eigenvalue weighted by atomic mass is 10.1. The molecular formula is C11H13F2NO2. The summed E-state index contributed by atoms with van der Waals surface area (Å²) in [5, 5.41) is 2.20. The predicted molar refractivity (Wildman–Crippen MR) is 55.6 cm³/mol. The van der Waals surface area contributed by atoms with Crippen LogP contribution in [0.25, 0.3) is 0 Å². The molecule has 0 bridgehead atoms. The number of carbonyl (C=O) groups is 1. The van der Waals surface area contributed by atoms with Gasteiger partial charge in [-0.15, -0.1) is 0 Å². The van der Waals surface area contributed by atoms with Crippen molar-refractivity contribution in [2.45, 2.75) is 19.4 Å². The van der Waals surface area contributed by atoms with Gasteiger partial charge in [-0.25, -0.2) is 8.78 Å². The highest BCUT2D eigenvalue weighted by atomic mass is 19.3. The lowest BCUT2D eigenvalue weighted by Crippen LogP contribution is -2.31. The zero-order chi connectivity index (χ0) is 12.1. The summed E-state index contributed by atoms with van der Waals surface area (Å²) in [6, 6.07) is 4.89. The number of hydrogen-bond acceptors (Lipinski definition) is 2. The normalized spacial score (nSPS) is 12.3. The molecule has 0 heterocycles. The minimum Gasteiger partial charge on any atom is -0.497 e. The molecule has 0 spiro atoms. The van der Waals surface area contributed by atoms with Gasteiger partial charge in [-0.2, -0.15) is 0 Å². The molecule has 16 heavy (non-hydrogen) atoms. The maximum absolute atomic E-state index is 12.7. The molecule has 1 rings (SSSR count). The van der Waals surface area contributed by atoms with Crippen LogP contribution >= 0.6 is 0 Å². The van der Waals surface area contributed by atoms with Crippen LogP contribution in [-0.4, -0.2) is 19.4 Å². The molecular weight excluding hydrogens is 216 g/mol. The molecule has 0 aromatic heterocycles. The fourth-order valence-electron chi connectivity index (χ4n) is 1.32. The Morgan fingerprint density at radius 3 is 2.25 bits per heavy atom. The maximum atomic E-state index is 12.7. The number of hydrogen-bond donors (Lipinski definition) is 1. The summed E-state index contributed by atoms with van der Waals surface area (Å²) in [5.41, 5.74) is 0.353. The highest BCUT2D eigenvalue weighted by Gasteiger charge is 2.22. The lowest BCUT2D eigenvalue weighted by molar-refractivity contribution is -0.120. The molecule has 0 aliphatic carbocycles. The van der Waals surface area contributed by atoms with Gasteiger partial charge in [0.2, 0.25) is 5.91 Å². The molecule has 1 N–H and O–H groups in total. The molecule has 0 aliphatic rings. The number of halogens is 2. The van der Waals surface area contributed by atoms with Crippen molar-refractivity contribution >= 4 is 5.91 Å². The van der Waals surface area contributed by atoms with Crippen molar-refractivity contribution in [1.82, 2.24) is 5.32 Å². The predicted octanol–water partition coefficient (Wildman–Crippen LogP) is 2.14. The van der Waals surface area contributed by atoms with Gasteiger partial charge in [0.15, 0.2) is 0 Å². The van der Waals surface area contributed by atoms with E-state index in [1.165, 1.54) is 26.2 Å². The number of amides is 1. The summed E-state index contributed by atoms with van der Waals surface area (Å²) in [4.78, 5) is 10.8. The zero-order valence-corrected chi connectivity index (χ0v) is 9.04. The molecule has 1 aromatic rings. The third-order valence-electron chi connectivity index (χ3n) is 2.09. The van der Waals surface area contributed by atoms with E-state index < -0.39 is 18.4 Å². The molecule has 3 nitrogen and oxygen atoms in total. The number of nitrogens with one attached hydrogen (secondary N) is 1. The fourth-order valence-corrected chi connectivity index (χ4v) is 1.32. The Hall–Kier alpha value is -1.65. The van der Waals surface area contributed by atoms with Crippen molar-refractivity contribution in [1.29, 1.82) is 0 Å². The minimum atomic E-state index is -2.64. The van der Waals surface area contributed by atoms with Gasteiger partial charge in [-0.05, 0) is 17.7 Å². The molecule has 0 radical (unpaired) electrons. The van der Waals surface area contributed by atoms with Crippen LogP contribution in [0.2, 0.25) is 0 Å². The van der Waals surface area contributed by atoms with Gasteiger partial charge in [0.25, 0.3) is 6.43 Å². The highest BCUT2D eigenvalue weighted by Crippen LogP contribution is 2.22. The first-order valence-electron chi connectivity index (χ1n) is 4.73. The molecule has 1 aromatic carbocycles. The van der Waals surface area contributed by atoms with E-state index in [4.69, 9.17) is 4.74 Å². The Kier molecular flexibility index (Phi) is 4.22. The van der Waals surface area contributed by atoms with Crippen molar-refractivity contribution in [3.05, 3.63) is 29.8 Å². The second-order valence-electron chi connectivity index (χ2n) is 3.29. The molecule has 0 saturated carbocycles. The number of benzene rings is 1. The molecule has 88 valence electrons. The van der Waals surface area contributed by atoms with Crippen molar-refractivity contribution in [2.75, 3.05) is 7.11 Å². The van der Waals surface area contributed by atoms with Gasteiger partial charge < -0.3 is 10.1 Å². The van der Waals surface area contributed by atoms with Gasteiger partial charge >= 0.3 is 0 Å². The molecule has 1 unspecified atom stereocenters. The van der Waals surface area contributed by atoms with Crippen LogP contribution < -0.4 is 10.1 Å². The molecule has 0 saturated heterocycles. The van der Waals surface area contributed by atoms with E-state index in [1.54, 1.807) is 12.1 Å². The number of alkyl halides is 2. The molecule has 0 aliphatic heterocycles. The fraction of sp³-hybridized carbons (Fsp3) is 0.364. The van der Waals surface area contributed by atoms with E-state index in [2.05, 4.69) is 5.32 Å². The Morgan fingerprint density at radius 1 is 1.31 bits per heavy atom. The average molecular weight is 229 g/mol. The van der Waals surface area contributed by atoms with E-state index >= 15 is 0 Å². The highest BCUT2D eigenvalue weighted by molar-refractivity contribution is 5.73. The second-order valence-corrected chi connectivity index (χ2v) is 3.29.